The normalized spacial score (nSPS) is 10.5. The number of aromatic amines is 1. The van der Waals surface area contributed by atoms with E-state index in [4.69, 9.17) is 17.0 Å². The third-order valence-electron chi connectivity index (χ3n) is 4.50. The first kappa shape index (κ1) is 22.2. The molecular formula is C22H25N5O3S. The fourth-order valence-electron chi connectivity index (χ4n) is 2.97. The predicted octanol–water partition coefficient (Wildman–Crippen LogP) is 4.38. The zero-order valence-corrected chi connectivity index (χ0v) is 18.3. The largest absolute Gasteiger partial charge is 0.494 e. The number of aromatic nitrogens is 3. The standard InChI is InChI=1S/C22H25N5O3S/c1-3-19(28)23-16-6-5-7-17(14-16)24-20(29)12-13-27-21(25-26-22(27)31)15-8-10-18(11-9-15)30-4-2/h5-11,14H,3-4,12-13H2,1-2H3,(H,23,28)(H,24,29)(H,26,31). The lowest BCUT2D eigenvalue weighted by Gasteiger charge is -2.10. The van der Waals surface area contributed by atoms with Gasteiger partial charge in [-0.15, -0.1) is 0 Å². The van der Waals surface area contributed by atoms with Crippen LogP contribution in [0.4, 0.5) is 11.4 Å². The predicted molar refractivity (Wildman–Crippen MR) is 123 cm³/mol. The van der Waals surface area contributed by atoms with Crippen molar-refractivity contribution in [2.75, 3.05) is 17.2 Å². The molecule has 162 valence electrons. The molecular weight excluding hydrogens is 414 g/mol. The molecule has 9 heteroatoms. The van der Waals surface area contributed by atoms with Gasteiger partial charge in [-0.2, -0.15) is 5.10 Å². The van der Waals surface area contributed by atoms with Crippen molar-refractivity contribution in [3.63, 3.8) is 0 Å². The van der Waals surface area contributed by atoms with Gasteiger partial charge < -0.3 is 15.4 Å². The topological polar surface area (TPSA) is 101 Å². The quantitative estimate of drug-likeness (QED) is 0.430. The van der Waals surface area contributed by atoms with Gasteiger partial charge in [0.25, 0.3) is 0 Å². The Bertz CT molecular complexity index is 1100. The zero-order valence-electron chi connectivity index (χ0n) is 17.5. The number of benzene rings is 2. The van der Waals surface area contributed by atoms with Crippen LogP contribution in [0.2, 0.25) is 0 Å². The SMILES string of the molecule is CCOc1ccc(-c2n[nH]c(=S)n2CCC(=O)Nc2cccc(NC(=O)CC)c2)cc1. The molecule has 2 aromatic carbocycles. The molecule has 3 N–H and O–H groups in total. The second-order valence-electron chi connectivity index (χ2n) is 6.74. The van der Waals surface area contributed by atoms with E-state index < -0.39 is 0 Å². The summed E-state index contributed by atoms with van der Waals surface area (Å²) < 4.78 is 7.71. The van der Waals surface area contributed by atoms with Gasteiger partial charge in [-0.05, 0) is 61.6 Å². The van der Waals surface area contributed by atoms with Crippen molar-refractivity contribution in [3.05, 3.63) is 53.3 Å². The molecule has 0 saturated carbocycles. The Kier molecular flexibility index (Phi) is 7.55. The smallest absolute Gasteiger partial charge is 0.226 e. The minimum atomic E-state index is -0.167. The number of hydrogen-bond donors (Lipinski definition) is 3. The highest BCUT2D eigenvalue weighted by atomic mass is 32.1. The van der Waals surface area contributed by atoms with E-state index in [0.29, 0.717) is 41.5 Å². The molecule has 0 aliphatic carbocycles. The molecule has 0 spiro atoms. The first-order valence-electron chi connectivity index (χ1n) is 10.1. The highest BCUT2D eigenvalue weighted by Crippen LogP contribution is 2.22. The van der Waals surface area contributed by atoms with E-state index >= 15 is 0 Å². The zero-order chi connectivity index (χ0) is 22.2. The van der Waals surface area contributed by atoms with Crippen molar-refractivity contribution < 1.29 is 14.3 Å². The van der Waals surface area contributed by atoms with Gasteiger partial charge in [-0.25, -0.2) is 0 Å². The third kappa shape index (κ3) is 6.02. The fourth-order valence-corrected chi connectivity index (χ4v) is 3.20. The van der Waals surface area contributed by atoms with Crippen LogP contribution in [-0.2, 0) is 16.1 Å². The Balaban J connectivity index is 1.65. The van der Waals surface area contributed by atoms with Gasteiger partial charge in [0.2, 0.25) is 11.8 Å². The molecule has 2 amide bonds. The van der Waals surface area contributed by atoms with Gasteiger partial charge in [-0.1, -0.05) is 13.0 Å². The molecule has 0 aliphatic rings. The first-order valence-corrected chi connectivity index (χ1v) is 10.5. The molecule has 0 unspecified atom stereocenters. The Morgan fingerprint density at radius 3 is 2.39 bits per heavy atom. The lowest BCUT2D eigenvalue weighted by molar-refractivity contribution is -0.117. The van der Waals surface area contributed by atoms with Crippen LogP contribution >= 0.6 is 12.2 Å². The number of rotatable bonds is 9. The summed E-state index contributed by atoms with van der Waals surface area (Å²) in [5, 5.41) is 12.7. The molecule has 3 rings (SSSR count). The number of amides is 2. The van der Waals surface area contributed by atoms with Gasteiger partial charge >= 0.3 is 0 Å². The lowest BCUT2D eigenvalue weighted by Crippen LogP contribution is -2.15. The number of hydrogen-bond acceptors (Lipinski definition) is 5. The van der Waals surface area contributed by atoms with E-state index in [2.05, 4.69) is 20.8 Å². The van der Waals surface area contributed by atoms with E-state index in [9.17, 15) is 9.59 Å². The minimum Gasteiger partial charge on any atom is -0.494 e. The number of nitrogens with one attached hydrogen (secondary N) is 3. The van der Waals surface area contributed by atoms with Crippen LogP contribution in [0, 0.1) is 4.77 Å². The summed E-state index contributed by atoms with van der Waals surface area (Å²) in [6, 6.07) is 14.6. The van der Waals surface area contributed by atoms with Crippen LogP contribution in [0.1, 0.15) is 26.7 Å². The highest BCUT2D eigenvalue weighted by Gasteiger charge is 2.11. The maximum atomic E-state index is 12.5. The van der Waals surface area contributed by atoms with Crippen molar-refractivity contribution in [1.29, 1.82) is 0 Å². The van der Waals surface area contributed by atoms with Gasteiger partial charge in [0, 0.05) is 36.3 Å². The van der Waals surface area contributed by atoms with E-state index in [1.165, 1.54) is 0 Å². The molecule has 1 aromatic heterocycles. The molecule has 0 bridgehead atoms. The highest BCUT2D eigenvalue weighted by molar-refractivity contribution is 7.71. The number of ether oxygens (including phenoxy) is 1. The number of nitrogens with zero attached hydrogens (tertiary/aromatic N) is 2. The molecule has 1 heterocycles. The van der Waals surface area contributed by atoms with Crippen LogP contribution in [0.15, 0.2) is 48.5 Å². The second-order valence-corrected chi connectivity index (χ2v) is 7.13. The molecule has 31 heavy (non-hydrogen) atoms. The fraction of sp³-hybridized carbons (Fsp3) is 0.273. The molecule has 0 saturated heterocycles. The number of H-pyrrole nitrogens is 1. The molecule has 0 atom stereocenters. The lowest BCUT2D eigenvalue weighted by atomic mass is 10.2. The molecule has 0 radical (unpaired) electrons. The first-order chi connectivity index (χ1) is 15.0. The maximum Gasteiger partial charge on any atom is 0.226 e. The summed E-state index contributed by atoms with van der Waals surface area (Å²) in [6.07, 6.45) is 0.599. The molecule has 0 fully saturated rings. The van der Waals surface area contributed by atoms with Crippen LogP contribution in [0.3, 0.4) is 0 Å². The van der Waals surface area contributed by atoms with E-state index in [0.717, 1.165) is 11.3 Å². The Morgan fingerprint density at radius 1 is 1.06 bits per heavy atom. The van der Waals surface area contributed by atoms with Crippen LogP contribution in [0.25, 0.3) is 11.4 Å². The summed E-state index contributed by atoms with van der Waals surface area (Å²) in [5.74, 6) is 1.19. The maximum absolute atomic E-state index is 12.5. The monoisotopic (exact) mass is 439 g/mol. The molecule has 8 nitrogen and oxygen atoms in total. The molecule has 3 aromatic rings. The van der Waals surface area contributed by atoms with E-state index in [1.54, 1.807) is 35.8 Å². The number of carbonyl (C=O) groups is 2. The van der Waals surface area contributed by atoms with Crippen molar-refractivity contribution >= 4 is 35.4 Å². The van der Waals surface area contributed by atoms with E-state index in [-0.39, 0.29) is 18.2 Å². The Labute approximate surface area is 185 Å². The van der Waals surface area contributed by atoms with Crippen molar-refractivity contribution in [3.8, 4) is 17.1 Å². The average molecular weight is 440 g/mol. The van der Waals surface area contributed by atoms with Gasteiger partial charge in [-0.3, -0.25) is 19.3 Å². The summed E-state index contributed by atoms with van der Waals surface area (Å²) in [4.78, 5) is 24.0. The van der Waals surface area contributed by atoms with Crippen LogP contribution in [-0.4, -0.2) is 33.2 Å². The summed E-state index contributed by atoms with van der Waals surface area (Å²) in [7, 11) is 0. The summed E-state index contributed by atoms with van der Waals surface area (Å²) >= 11 is 5.34. The Hall–Kier alpha value is -3.46. The summed E-state index contributed by atoms with van der Waals surface area (Å²) in [5.41, 5.74) is 2.12. The minimum absolute atomic E-state index is 0.0837. The van der Waals surface area contributed by atoms with Crippen LogP contribution < -0.4 is 15.4 Å². The molecule has 0 aliphatic heterocycles. The van der Waals surface area contributed by atoms with Crippen molar-refractivity contribution in [2.45, 2.75) is 33.2 Å². The third-order valence-corrected chi connectivity index (χ3v) is 4.81. The number of carbonyl (C=O) groups excluding carboxylic acids is 2. The second kappa shape index (κ2) is 10.5. The van der Waals surface area contributed by atoms with Gasteiger partial charge in [0.1, 0.15) is 5.75 Å². The number of anilines is 2. The van der Waals surface area contributed by atoms with E-state index in [1.807, 2.05) is 31.2 Å². The van der Waals surface area contributed by atoms with Crippen molar-refractivity contribution in [2.24, 2.45) is 0 Å². The van der Waals surface area contributed by atoms with Crippen molar-refractivity contribution in [1.82, 2.24) is 14.8 Å². The van der Waals surface area contributed by atoms with Gasteiger partial charge in [0.15, 0.2) is 10.6 Å². The average Bonchev–Trinajstić information content (AvgIpc) is 3.13. The Morgan fingerprint density at radius 2 is 1.74 bits per heavy atom. The van der Waals surface area contributed by atoms with Gasteiger partial charge in [0.05, 0.1) is 6.61 Å². The van der Waals surface area contributed by atoms with Crippen LogP contribution in [0.5, 0.6) is 5.75 Å². The summed E-state index contributed by atoms with van der Waals surface area (Å²) in [6.45, 7) is 4.68.